The summed E-state index contributed by atoms with van der Waals surface area (Å²) < 4.78 is 1.05. The first-order valence-electron chi connectivity index (χ1n) is 4.44. The van der Waals surface area contributed by atoms with Crippen LogP contribution in [-0.4, -0.2) is 29.4 Å². The number of para-hydroxylation sites is 1. The van der Waals surface area contributed by atoms with Crippen LogP contribution >= 0.6 is 27.7 Å². The zero-order valence-electron chi connectivity index (χ0n) is 7.90. The first-order valence-corrected chi connectivity index (χ1v) is 6.22. The molecular weight excluding hydrogens is 260 g/mol. The van der Waals surface area contributed by atoms with Gasteiger partial charge in [-0.2, -0.15) is 0 Å². The van der Waals surface area contributed by atoms with Gasteiger partial charge >= 0.3 is 0 Å². The third-order valence-corrected chi connectivity index (χ3v) is 3.77. The fourth-order valence-corrected chi connectivity index (χ4v) is 2.64. The van der Waals surface area contributed by atoms with Crippen LogP contribution in [0.25, 0.3) is 0 Å². The van der Waals surface area contributed by atoms with Crippen LogP contribution in [-0.2, 0) is 0 Å². The number of nitrogens with zero attached hydrogens (tertiary/aromatic N) is 2. The number of rotatable bonds is 1. The SMILES string of the molecule is CN1CCSC1=Nc1ccccc1Br. The van der Waals surface area contributed by atoms with Crippen molar-refractivity contribution >= 4 is 38.5 Å². The van der Waals surface area contributed by atoms with Crippen molar-refractivity contribution in [1.82, 2.24) is 4.90 Å². The Morgan fingerprint density at radius 2 is 2.21 bits per heavy atom. The predicted octanol–water partition coefficient (Wildman–Crippen LogP) is 3.12. The summed E-state index contributed by atoms with van der Waals surface area (Å²) in [4.78, 5) is 6.78. The van der Waals surface area contributed by atoms with E-state index in [1.54, 1.807) is 0 Å². The van der Waals surface area contributed by atoms with Crippen LogP contribution in [0.1, 0.15) is 0 Å². The molecule has 4 heteroatoms. The van der Waals surface area contributed by atoms with Gasteiger partial charge in [-0.3, -0.25) is 0 Å². The van der Waals surface area contributed by atoms with Gasteiger partial charge in [-0.15, -0.1) is 0 Å². The van der Waals surface area contributed by atoms with Gasteiger partial charge in [-0.05, 0) is 28.1 Å². The minimum Gasteiger partial charge on any atom is -0.353 e. The second-order valence-corrected chi connectivity index (χ2v) is 5.03. The van der Waals surface area contributed by atoms with E-state index in [1.807, 2.05) is 36.0 Å². The molecular formula is C10H11BrN2S. The summed E-state index contributed by atoms with van der Waals surface area (Å²) in [6.45, 7) is 1.09. The third-order valence-electron chi connectivity index (χ3n) is 2.05. The molecule has 0 radical (unpaired) electrons. The standard InChI is InChI=1S/C10H11BrN2S/c1-13-6-7-14-10(13)12-9-5-3-2-4-8(9)11/h2-5H,6-7H2,1H3. The van der Waals surface area contributed by atoms with Crippen LogP contribution in [0, 0.1) is 0 Å². The van der Waals surface area contributed by atoms with E-state index >= 15 is 0 Å². The molecule has 0 unspecified atom stereocenters. The van der Waals surface area contributed by atoms with Crippen molar-refractivity contribution in [2.75, 3.05) is 19.3 Å². The summed E-state index contributed by atoms with van der Waals surface area (Å²) in [7, 11) is 2.08. The molecule has 0 spiro atoms. The van der Waals surface area contributed by atoms with Crippen molar-refractivity contribution < 1.29 is 0 Å². The minimum atomic E-state index is 1.00. The fourth-order valence-electron chi connectivity index (χ4n) is 1.24. The monoisotopic (exact) mass is 270 g/mol. The highest BCUT2D eigenvalue weighted by molar-refractivity contribution is 9.10. The van der Waals surface area contributed by atoms with Gasteiger partial charge in [0.15, 0.2) is 5.17 Å². The molecule has 1 fully saturated rings. The summed E-state index contributed by atoms with van der Waals surface area (Å²) in [5.74, 6) is 1.14. The maximum atomic E-state index is 4.60. The van der Waals surface area contributed by atoms with Crippen molar-refractivity contribution in [3.63, 3.8) is 0 Å². The number of aliphatic imine (C=N–C) groups is 1. The van der Waals surface area contributed by atoms with Gasteiger partial charge in [0, 0.05) is 23.8 Å². The average Bonchev–Trinajstić information content (AvgIpc) is 2.56. The number of hydrogen-bond donors (Lipinski definition) is 0. The van der Waals surface area contributed by atoms with E-state index in [0.29, 0.717) is 0 Å². The molecule has 2 nitrogen and oxygen atoms in total. The van der Waals surface area contributed by atoms with Crippen LogP contribution in [0.3, 0.4) is 0 Å². The molecule has 0 saturated carbocycles. The molecule has 0 N–H and O–H groups in total. The zero-order chi connectivity index (χ0) is 9.97. The number of amidine groups is 1. The van der Waals surface area contributed by atoms with Crippen LogP contribution in [0.15, 0.2) is 33.7 Å². The number of benzene rings is 1. The topological polar surface area (TPSA) is 15.6 Å². The van der Waals surface area contributed by atoms with E-state index in [2.05, 4.69) is 32.9 Å². The molecule has 1 aliphatic rings. The van der Waals surface area contributed by atoms with Crippen molar-refractivity contribution in [1.29, 1.82) is 0 Å². The summed E-state index contributed by atoms with van der Waals surface area (Å²) >= 11 is 5.30. The quantitative estimate of drug-likeness (QED) is 0.780. The second-order valence-electron chi connectivity index (χ2n) is 3.12. The zero-order valence-corrected chi connectivity index (χ0v) is 10.3. The first-order chi connectivity index (χ1) is 6.77. The Balaban J connectivity index is 2.29. The summed E-state index contributed by atoms with van der Waals surface area (Å²) in [5.41, 5.74) is 1.00. The Kier molecular flexibility index (Phi) is 3.13. The van der Waals surface area contributed by atoms with Crippen LogP contribution in [0.2, 0.25) is 0 Å². The van der Waals surface area contributed by atoms with Gasteiger partial charge < -0.3 is 4.90 Å². The van der Waals surface area contributed by atoms with E-state index < -0.39 is 0 Å². The Bertz CT molecular complexity index is 365. The van der Waals surface area contributed by atoms with E-state index in [0.717, 1.165) is 27.6 Å². The van der Waals surface area contributed by atoms with Gasteiger partial charge in [-0.1, -0.05) is 23.9 Å². The molecule has 0 aromatic heterocycles. The lowest BCUT2D eigenvalue weighted by atomic mass is 10.3. The number of thioether (sulfide) groups is 1. The molecule has 14 heavy (non-hydrogen) atoms. The predicted molar refractivity (Wildman–Crippen MR) is 66.3 cm³/mol. The maximum absolute atomic E-state index is 4.60. The number of hydrogen-bond acceptors (Lipinski definition) is 2. The van der Waals surface area contributed by atoms with Gasteiger partial charge in [0.25, 0.3) is 0 Å². The van der Waals surface area contributed by atoms with Gasteiger partial charge in [0.1, 0.15) is 0 Å². The Hall–Kier alpha value is -0.480. The summed E-state index contributed by atoms with van der Waals surface area (Å²) in [6, 6.07) is 8.03. The van der Waals surface area contributed by atoms with E-state index in [9.17, 15) is 0 Å². The third kappa shape index (κ3) is 2.12. The smallest absolute Gasteiger partial charge is 0.164 e. The molecule has 1 aromatic rings. The highest BCUT2D eigenvalue weighted by atomic mass is 79.9. The molecule has 1 saturated heterocycles. The van der Waals surface area contributed by atoms with Gasteiger partial charge in [0.05, 0.1) is 5.69 Å². The first kappa shape index (κ1) is 10.1. The Labute approximate surface area is 96.5 Å². The highest BCUT2D eigenvalue weighted by Gasteiger charge is 2.15. The molecule has 1 aromatic carbocycles. The molecule has 1 heterocycles. The molecule has 0 bridgehead atoms. The van der Waals surface area contributed by atoms with Crippen molar-refractivity contribution in [2.45, 2.75) is 0 Å². The molecule has 2 rings (SSSR count). The Morgan fingerprint density at radius 3 is 2.86 bits per heavy atom. The molecule has 1 aliphatic heterocycles. The maximum Gasteiger partial charge on any atom is 0.164 e. The lowest BCUT2D eigenvalue weighted by molar-refractivity contribution is 0.563. The number of halogens is 1. The summed E-state index contributed by atoms with van der Waals surface area (Å²) in [5, 5.41) is 1.11. The fraction of sp³-hybridized carbons (Fsp3) is 0.300. The van der Waals surface area contributed by atoms with Crippen molar-refractivity contribution in [3.05, 3.63) is 28.7 Å². The molecule has 74 valence electrons. The van der Waals surface area contributed by atoms with Gasteiger partial charge in [0.2, 0.25) is 0 Å². The largest absolute Gasteiger partial charge is 0.353 e. The average molecular weight is 271 g/mol. The van der Waals surface area contributed by atoms with Crippen LogP contribution < -0.4 is 0 Å². The van der Waals surface area contributed by atoms with Crippen molar-refractivity contribution in [3.8, 4) is 0 Å². The summed E-state index contributed by atoms with van der Waals surface area (Å²) in [6.07, 6.45) is 0. The van der Waals surface area contributed by atoms with Crippen LogP contribution in [0.5, 0.6) is 0 Å². The Morgan fingerprint density at radius 1 is 1.43 bits per heavy atom. The molecule has 0 amide bonds. The van der Waals surface area contributed by atoms with Crippen molar-refractivity contribution in [2.24, 2.45) is 4.99 Å². The molecule has 0 atom stereocenters. The lowest BCUT2D eigenvalue weighted by Crippen LogP contribution is -2.17. The van der Waals surface area contributed by atoms with E-state index in [-0.39, 0.29) is 0 Å². The van der Waals surface area contributed by atoms with Crippen LogP contribution in [0.4, 0.5) is 5.69 Å². The van der Waals surface area contributed by atoms with Gasteiger partial charge in [-0.25, -0.2) is 4.99 Å². The highest BCUT2D eigenvalue weighted by Crippen LogP contribution is 2.27. The minimum absolute atomic E-state index is 1.00. The lowest BCUT2D eigenvalue weighted by Gasteiger charge is -2.09. The molecule has 0 aliphatic carbocycles. The second kappa shape index (κ2) is 4.36. The van der Waals surface area contributed by atoms with E-state index in [4.69, 9.17) is 0 Å². The van der Waals surface area contributed by atoms with E-state index in [1.165, 1.54) is 0 Å². The normalized spacial score (nSPS) is 19.3.